The second kappa shape index (κ2) is 22.1. The summed E-state index contributed by atoms with van der Waals surface area (Å²) in [6, 6.07) is 3.71. The van der Waals surface area contributed by atoms with E-state index in [9.17, 15) is 49.8 Å². The number of carbonyl (C=O) groups is 4. The molecule has 18 heteroatoms. The maximum Gasteiger partial charge on any atom is 0.339 e. The van der Waals surface area contributed by atoms with Crippen molar-refractivity contribution in [3.8, 4) is 5.75 Å². The number of hydrogen-bond donors (Lipinski definition) is 7. The van der Waals surface area contributed by atoms with Crippen molar-refractivity contribution in [2.75, 3.05) is 21.2 Å². The normalized spacial score (nSPS) is 41.6. The first-order chi connectivity index (χ1) is 29.5. The van der Waals surface area contributed by atoms with Crippen LogP contribution in [0.15, 0.2) is 18.2 Å². The van der Waals surface area contributed by atoms with E-state index in [0.717, 1.165) is 0 Å². The van der Waals surface area contributed by atoms with Crippen LogP contribution in [0, 0.1) is 23.7 Å². The molecule has 3 saturated heterocycles. The number of cyclic esters (lactones) is 1. The summed E-state index contributed by atoms with van der Waals surface area (Å²) in [5.41, 5.74) is -5.07. The number of nitrogens with zero attached hydrogens (tertiary/aromatic N) is 1. The van der Waals surface area contributed by atoms with E-state index < -0.39 is 119 Å². The van der Waals surface area contributed by atoms with Gasteiger partial charge in [0.25, 0.3) is 0 Å². The molecule has 18 atom stereocenters. The predicted molar refractivity (Wildman–Crippen MR) is 231 cm³/mol. The Labute approximate surface area is 377 Å². The van der Waals surface area contributed by atoms with Crippen LogP contribution in [0.25, 0.3) is 0 Å². The zero-order valence-corrected chi connectivity index (χ0v) is 39.9. The van der Waals surface area contributed by atoms with Gasteiger partial charge in [0.05, 0.1) is 53.2 Å². The molecule has 1 aromatic rings. The van der Waals surface area contributed by atoms with Crippen molar-refractivity contribution in [1.29, 1.82) is 0 Å². The lowest BCUT2D eigenvalue weighted by Gasteiger charge is -2.49. The summed E-state index contributed by atoms with van der Waals surface area (Å²) in [5, 5.41) is 75.5. The first-order valence-electron chi connectivity index (χ1n) is 22.1. The number of methoxy groups -OCH3 is 1. The lowest BCUT2D eigenvalue weighted by Crippen LogP contribution is -2.61. The van der Waals surface area contributed by atoms with E-state index in [2.05, 4.69) is 0 Å². The topological polar surface area (TPSA) is 269 Å². The van der Waals surface area contributed by atoms with E-state index in [1.165, 1.54) is 53.0 Å². The number of aliphatic hydroxyl groups is 5. The molecule has 18 nitrogen and oxygen atoms in total. The summed E-state index contributed by atoms with van der Waals surface area (Å²) in [4.78, 5) is 51.2. The highest BCUT2D eigenvalue weighted by Gasteiger charge is 2.53. The smallest absolute Gasteiger partial charge is 0.339 e. The molecule has 0 amide bonds. The zero-order valence-electron chi connectivity index (χ0n) is 39.9. The highest BCUT2D eigenvalue weighted by molar-refractivity contribution is 6.01. The Morgan fingerprint density at radius 2 is 1.48 bits per heavy atom. The highest BCUT2D eigenvalue weighted by atomic mass is 16.7. The maximum absolute atomic E-state index is 14.1. The number of Topliss-reactive ketones (excluding diaryl/α,β-unsaturated/α-hetero) is 2. The van der Waals surface area contributed by atoms with Gasteiger partial charge < -0.3 is 69.1 Å². The standard InChI is InChI=1S/C37H67NO13.C9H8O4/c1-14-25-37(10,45)30(41)20(4)27(39)18(2)16-35(8,44)32(51-34-28(40)24(38(11)12)15-19(3)47-34)21(5)29(22(6)33(43)49-25)50-26-17-36(9,46-13)31(42)23(7)48-26;1-5(10)6-3-2-4-7(8(6)11)9(12)13/h18-26,28-32,34,40-42,44-45H,14-17H2,1-13H3;2-4,11H,1H3,(H,12,13)/t18-,19-,20+,21+,22-,23+,24+,25-,26+,28-,29+,30-,31+,32-,34+,35-,36-,37-;/m1./s1. The van der Waals surface area contributed by atoms with Crippen LogP contribution in [0.3, 0.4) is 0 Å². The van der Waals surface area contributed by atoms with E-state index >= 15 is 0 Å². The minimum Gasteiger partial charge on any atom is -0.506 e. The number of carbonyl (C=O) groups excluding carboxylic acids is 3. The van der Waals surface area contributed by atoms with Gasteiger partial charge in [-0.25, -0.2) is 4.79 Å². The summed E-state index contributed by atoms with van der Waals surface area (Å²) < 4.78 is 37.1. The molecule has 0 aliphatic carbocycles. The van der Waals surface area contributed by atoms with Gasteiger partial charge in [-0.2, -0.15) is 0 Å². The summed E-state index contributed by atoms with van der Waals surface area (Å²) in [6.45, 7) is 17.6. The van der Waals surface area contributed by atoms with Crippen LogP contribution in [0.1, 0.15) is 123 Å². The minimum atomic E-state index is -1.99. The molecule has 0 aromatic heterocycles. The zero-order chi connectivity index (χ0) is 49.0. The van der Waals surface area contributed by atoms with Gasteiger partial charge in [0.1, 0.15) is 41.0 Å². The summed E-state index contributed by atoms with van der Waals surface area (Å²) in [7, 11) is 5.18. The number of carboxylic acids is 1. The summed E-state index contributed by atoms with van der Waals surface area (Å²) in [6.07, 6.45) is -9.71. The molecule has 3 aliphatic heterocycles. The molecule has 0 unspecified atom stereocenters. The largest absolute Gasteiger partial charge is 0.506 e. The monoisotopic (exact) mass is 914 g/mol. The molecule has 3 heterocycles. The molecular weight excluding hydrogens is 838 g/mol. The number of phenols is 1. The van der Waals surface area contributed by atoms with Crippen LogP contribution >= 0.6 is 0 Å². The van der Waals surface area contributed by atoms with Crippen LogP contribution in [0.4, 0.5) is 0 Å². The Hall–Kier alpha value is -3.14. The summed E-state index contributed by atoms with van der Waals surface area (Å²) in [5.74, 6) is -7.06. The third-order valence-electron chi connectivity index (χ3n) is 13.5. The Morgan fingerprint density at radius 1 is 0.891 bits per heavy atom. The second-order valence-electron chi connectivity index (χ2n) is 19.0. The van der Waals surface area contributed by atoms with Crippen molar-refractivity contribution in [1.82, 2.24) is 4.90 Å². The van der Waals surface area contributed by atoms with Crippen LogP contribution in [0.5, 0.6) is 5.75 Å². The molecule has 1 aromatic carbocycles. The maximum atomic E-state index is 14.1. The lowest BCUT2D eigenvalue weighted by atomic mass is 9.74. The van der Waals surface area contributed by atoms with E-state index in [-0.39, 0.29) is 48.3 Å². The number of aromatic carboxylic acids is 1. The molecule has 7 N–H and O–H groups in total. The number of ketones is 2. The molecule has 0 saturated carbocycles. The van der Waals surface area contributed by atoms with Gasteiger partial charge in [0.15, 0.2) is 18.4 Å². The van der Waals surface area contributed by atoms with Gasteiger partial charge in [-0.05, 0) is 94.0 Å². The fourth-order valence-corrected chi connectivity index (χ4v) is 9.41. The van der Waals surface area contributed by atoms with Gasteiger partial charge >= 0.3 is 11.9 Å². The number of para-hydroxylation sites is 1. The molecule has 0 spiro atoms. The Morgan fingerprint density at radius 3 is 2.02 bits per heavy atom. The number of hydrogen-bond acceptors (Lipinski definition) is 17. The van der Waals surface area contributed by atoms with E-state index in [4.69, 9.17) is 33.5 Å². The summed E-state index contributed by atoms with van der Waals surface area (Å²) >= 11 is 0. The van der Waals surface area contributed by atoms with E-state index in [1.807, 2.05) is 25.9 Å². The van der Waals surface area contributed by atoms with Gasteiger partial charge in [-0.1, -0.05) is 33.8 Å². The number of aliphatic hydroxyl groups excluding tert-OH is 3. The van der Waals surface area contributed by atoms with E-state index in [1.54, 1.807) is 41.5 Å². The average molecular weight is 914 g/mol. The lowest BCUT2D eigenvalue weighted by molar-refractivity contribution is -0.318. The van der Waals surface area contributed by atoms with Crippen LogP contribution in [-0.2, 0) is 38.0 Å². The fourth-order valence-electron chi connectivity index (χ4n) is 9.41. The first kappa shape index (κ1) is 55.2. The molecule has 0 bridgehead atoms. The van der Waals surface area contributed by atoms with Gasteiger partial charge in [-0.15, -0.1) is 0 Å². The van der Waals surface area contributed by atoms with Crippen molar-refractivity contribution in [3.05, 3.63) is 29.3 Å². The molecular formula is C46H75NO17. The van der Waals surface area contributed by atoms with E-state index in [0.29, 0.717) is 6.42 Å². The molecule has 4 rings (SSSR count). The van der Waals surface area contributed by atoms with Crippen molar-refractivity contribution in [3.63, 3.8) is 0 Å². The molecule has 3 fully saturated rings. The number of esters is 1. The van der Waals surface area contributed by atoms with Crippen LogP contribution in [-0.4, -0.2) is 170 Å². The number of rotatable bonds is 9. The Kier molecular flexibility index (Phi) is 19.1. The molecule has 366 valence electrons. The van der Waals surface area contributed by atoms with Crippen molar-refractivity contribution < 1.29 is 83.3 Å². The number of benzene rings is 1. The molecule has 64 heavy (non-hydrogen) atoms. The number of aromatic hydroxyl groups is 1. The predicted octanol–water partition coefficient (Wildman–Crippen LogP) is 3.08. The minimum absolute atomic E-state index is 0.0277. The highest BCUT2D eigenvalue weighted by Crippen LogP contribution is 2.41. The molecule has 0 radical (unpaired) electrons. The fraction of sp³-hybridized carbons (Fsp3) is 0.783. The first-order valence-corrected chi connectivity index (χ1v) is 22.1. The Bertz CT molecular complexity index is 1720. The second-order valence-corrected chi connectivity index (χ2v) is 19.0. The van der Waals surface area contributed by atoms with Gasteiger partial charge in [-0.3, -0.25) is 14.4 Å². The van der Waals surface area contributed by atoms with Gasteiger partial charge in [0.2, 0.25) is 0 Å². The SMILES string of the molecule is CC(=O)c1cccc(C(=O)O)c1O.CC[C@H]1OC(=O)[C@H](C)[C@@H](O[C@H]2C[C@@](C)(OC)[C@@H](O)[C@H](C)O2)[C@H](C)[C@@H](O[C@@H]2O[C@H](C)C[C@H](N(C)C)[C@H]2O)[C@](C)(O)C[C@@H](C)C(=O)[C@H](C)[C@@H](O)[C@]1(C)O. The van der Waals surface area contributed by atoms with Gasteiger partial charge in [0, 0.05) is 37.3 Å². The van der Waals surface area contributed by atoms with Crippen molar-refractivity contribution in [2.45, 2.75) is 186 Å². The number of likely N-dealkylation sites (N-methyl/N-ethyl adjacent to an activating group) is 1. The van der Waals surface area contributed by atoms with Crippen molar-refractivity contribution in [2.24, 2.45) is 23.7 Å². The number of carboxylic acid groups (broad SMARTS) is 1. The Balaban J connectivity index is 0.000000715. The van der Waals surface area contributed by atoms with Crippen LogP contribution in [0.2, 0.25) is 0 Å². The third kappa shape index (κ3) is 12.4. The van der Waals surface area contributed by atoms with Crippen LogP contribution < -0.4 is 0 Å². The third-order valence-corrected chi connectivity index (χ3v) is 13.5. The molecule has 3 aliphatic rings. The number of ether oxygens (including phenoxy) is 6. The quantitative estimate of drug-likeness (QED) is 0.139. The van der Waals surface area contributed by atoms with Crippen molar-refractivity contribution >= 4 is 23.5 Å². The average Bonchev–Trinajstić information content (AvgIpc) is 3.21.